The summed E-state index contributed by atoms with van der Waals surface area (Å²) < 4.78 is 0.770. The van der Waals surface area contributed by atoms with Crippen LogP contribution >= 0.6 is 34.3 Å². The molecular formula is C12H14ClN3OS2. The van der Waals surface area contributed by atoms with Crippen molar-refractivity contribution in [2.45, 2.75) is 13.5 Å². The molecule has 0 unspecified atom stereocenters. The van der Waals surface area contributed by atoms with Gasteiger partial charge in [-0.25, -0.2) is 4.98 Å². The zero-order valence-corrected chi connectivity index (χ0v) is 13.0. The number of carbonyl (C=O) groups is 1. The summed E-state index contributed by atoms with van der Waals surface area (Å²) in [5.74, 6) is -0.0560. The summed E-state index contributed by atoms with van der Waals surface area (Å²) in [6.07, 6.45) is 0. The Morgan fingerprint density at radius 3 is 2.89 bits per heavy atom. The van der Waals surface area contributed by atoms with Gasteiger partial charge in [0.25, 0.3) is 0 Å². The van der Waals surface area contributed by atoms with Crippen molar-refractivity contribution in [3.05, 3.63) is 32.4 Å². The zero-order valence-electron chi connectivity index (χ0n) is 10.6. The monoisotopic (exact) mass is 315 g/mol. The van der Waals surface area contributed by atoms with Gasteiger partial charge in [-0.2, -0.15) is 0 Å². The fourth-order valence-corrected chi connectivity index (χ4v) is 3.45. The smallest absolute Gasteiger partial charge is 0.240 e. The molecule has 4 nitrogen and oxygen atoms in total. The number of aryl methyl sites for hydroxylation is 1. The van der Waals surface area contributed by atoms with E-state index in [9.17, 15) is 4.79 Å². The zero-order chi connectivity index (χ0) is 13.8. The predicted molar refractivity (Wildman–Crippen MR) is 81.1 cm³/mol. The Labute approximate surface area is 125 Å². The molecule has 0 fully saturated rings. The number of anilines is 1. The molecule has 2 aromatic heterocycles. The first-order valence-corrected chi connectivity index (χ1v) is 7.75. The van der Waals surface area contributed by atoms with Crippen molar-refractivity contribution in [2.75, 3.05) is 18.9 Å². The van der Waals surface area contributed by atoms with Crippen LogP contribution in [0.2, 0.25) is 4.34 Å². The number of hydrogen-bond acceptors (Lipinski definition) is 5. The second-order valence-corrected chi connectivity index (χ2v) is 6.88. The number of likely N-dealkylation sites (N-methyl/N-ethyl adjacent to an activating group) is 1. The predicted octanol–water partition coefficient (Wildman–Crippen LogP) is 3.24. The van der Waals surface area contributed by atoms with Gasteiger partial charge >= 0.3 is 0 Å². The van der Waals surface area contributed by atoms with Crippen LogP contribution in [0.1, 0.15) is 10.6 Å². The van der Waals surface area contributed by atoms with Gasteiger partial charge in [-0.05, 0) is 26.1 Å². The molecule has 0 saturated heterocycles. The number of halogens is 1. The lowest BCUT2D eigenvalue weighted by Crippen LogP contribution is -2.29. The summed E-state index contributed by atoms with van der Waals surface area (Å²) in [5, 5.41) is 5.35. The highest BCUT2D eigenvalue weighted by molar-refractivity contribution is 7.16. The molecule has 0 aliphatic rings. The van der Waals surface area contributed by atoms with Crippen molar-refractivity contribution in [1.29, 1.82) is 0 Å². The molecule has 1 N–H and O–H groups in total. The van der Waals surface area contributed by atoms with E-state index < -0.39 is 0 Å². The summed E-state index contributed by atoms with van der Waals surface area (Å²) in [4.78, 5) is 19.1. The number of aromatic nitrogens is 1. The first kappa shape index (κ1) is 14.5. The quantitative estimate of drug-likeness (QED) is 0.921. The summed E-state index contributed by atoms with van der Waals surface area (Å²) in [6, 6.07) is 3.85. The molecule has 0 spiro atoms. The van der Waals surface area contributed by atoms with Crippen LogP contribution in [0.3, 0.4) is 0 Å². The minimum Gasteiger partial charge on any atom is -0.301 e. The van der Waals surface area contributed by atoms with Gasteiger partial charge < -0.3 is 5.32 Å². The number of nitrogens with zero attached hydrogens (tertiary/aromatic N) is 2. The molecule has 0 atom stereocenters. The molecule has 19 heavy (non-hydrogen) atoms. The number of carbonyl (C=O) groups excluding carboxylic acids is 1. The maximum atomic E-state index is 11.8. The molecule has 0 saturated carbocycles. The van der Waals surface area contributed by atoms with Crippen LogP contribution in [0.4, 0.5) is 5.13 Å². The average Bonchev–Trinajstić information content (AvgIpc) is 2.87. The highest BCUT2D eigenvalue weighted by atomic mass is 35.5. The Bertz CT molecular complexity index is 567. The van der Waals surface area contributed by atoms with Gasteiger partial charge in [0, 0.05) is 16.8 Å². The van der Waals surface area contributed by atoms with Crippen molar-refractivity contribution in [1.82, 2.24) is 9.88 Å². The molecule has 102 valence electrons. The number of amides is 1. The van der Waals surface area contributed by atoms with Crippen molar-refractivity contribution in [3.8, 4) is 0 Å². The molecule has 0 aliphatic heterocycles. The lowest BCUT2D eigenvalue weighted by Gasteiger charge is -2.14. The largest absolute Gasteiger partial charge is 0.301 e. The van der Waals surface area contributed by atoms with Gasteiger partial charge in [-0.3, -0.25) is 9.69 Å². The molecule has 7 heteroatoms. The molecule has 0 aliphatic carbocycles. The van der Waals surface area contributed by atoms with E-state index in [-0.39, 0.29) is 5.91 Å². The highest BCUT2D eigenvalue weighted by Gasteiger charge is 2.10. The van der Waals surface area contributed by atoms with E-state index in [0.29, 0.717) is 18.2 Å². The Kier molecular flexibility index (Phi) is 4.93. The molecule has 2 rings (SSSR count). The third-order valence-corrected chi connectivity index (χ3v) is 4.42. The molecule has 2 aromatic rings. The van der Waals surface area contributed by atoms with Crippen LogP contribution in [-0.2, 0) is 11.3 Å². The molecule has 0 aromatic carbocycles. The molecule has 0 radical (unpaired) electrons. The third-order valence-electron chi connectivity index (χ3n) is 2.33. The van der Waals surface area contributed by atoms with E-state index >= 15 is 0 Å². The first-order valence-electron chi connectivity index (χ1n) is 5.67. The molecule has 0 bridgehead atoms. The van der Waals surface area contributed by atoms with E-state index in [0.717, 1.165) is 14.9 Å². The van der Waals surface area contributed by atoms with Crippen molar-refractivity contribution >= 4 is 45.3 Å². The van der Waals surface area contributed by atoms with Crippen LogP contribution in [0, 0.1) is 6.92 Å². The van der Waals surface area contributed by atoms with Gasteiger partial charge in [0.15, 0.2) is 5.13 Å². The number of rotatable bonds is 5. The van der Waals surface area contributed by atoms with Gasteiger partial charge in [-0.15, -0.1) is 22.7 Å². The van der Waals surface area contributed by atoms with Gasteiger partial charge in [0.05, 0.1) is 16.6 Å². The summed E-state index contributed by atoms with van der Waals surface area (Å²) in [6.45, 7) is 2.94. The lowest BCUT2D eigenvalue weighted by atomic mass is 10.4. The lowest BCUT2D eigenvalue weighted by molar-refractivity contribution is -0.117. The van der Waals surface area contributed by atoms with Crippen molar-refractivity contribution in [2.24, 2.45) is 0 Å². The van der Waals surface area contributed by atoms with Crippen LogP contribution in [0.5, 0.6) is 0 Å². The first-order chi connectivity index (χ1) is 9.02. The standard InChI is InChI=1S/C12H14ClN3OS2/c1-8-7-18-12(14-8)15-11(17)6-16(2)5-9-3-4-10(13)19-9/h3-4,7H,5-6H2,1-2H3,(H,14,15,17). The molecular weight excluding hydrogens is 302 g/mol. The minimum atomic E-state index is -0.0560. The maximum absolute atomic E-state index is 11.8. The number of thiazole rings is 1. The summed E-state index contributed by atoms with van der Waals surface area (Å²) in [7, 11) is 1.90. The van der Waals surface area contributed by atoms with Crippen LogP contribution in [0.15, 0.2) is 17.5 Å². The second-order valence-electron chi connectivity index (χ2n) is 4.22. The Hall–Kier alpha value is -0.950. The van der Waals surface area contributed by atoms with Crippen LogP contribution < -0.4 is 5.32 Å². The van der Waals surface area contributed by atoms with Gasteiger partial charge in [-0.1, -0.05) is 11.6 Å². The van der Waals surface area contributed by atoms with E-state index in [1.807, 2.05) is 36.4 Å². The van der Waals surface area contributed by atoms with Crippen LogP contribution in [-0.4, -0.2) is 29.4 Å². The summed E-state index contributed by atoms with van der Waals surface area (Å²) >= 11 is 8.84. The second kappa shape index (κ2) is 6.47. The third kappa shape index (κ3) is 4.58. The van der Waals surface area contributed by atoms with Crippen molar-refractivity contribution < 1.29 is 4.79 Å². The fourth-order valence-electron chi connectivity index (χ4n) is 1.57. The van der Waals surface area contributed by atoms with Crippen molar-refractivity contribution in [3.63, 3.8) is 0 Å². The topological polar surface area (TPSA) is 45.2 Å². The fraction of sp³-hybridized carbons (Fsp3) is 0.333. The maximum Gasteiger partial charge on any atom is 0.240 e. The number of nitrogens with one attached hydrogen (secondary N) is 1. The normalized spacial score (nSPS) is 10.9. The van der Waals surface area contributed by atoms with E-state index in [1.54, 1.807) is 0 Å². The summed E-state index contributed by atoms with van der Waals surface area (Å²) in [5.41, 5.74) is 0.918. The highest BCUT2D eigenvalue weighted by Crippen LogP contribution is 2.22. The Morgan fingerprint density at radius 1 is 1.53 bits per heavy atom. The van der Waals surface area contributed by atoms with E-state index in [4.69, 9.17) is 11.6 Å². The number of hydrogen-bond donors (Lipinski definition) is 1. The molecule has 2 heterocycles. The van der Waals surface area contributed by atoms with E-state index in [1.165, 1.54) is 22.7 Å². The Morgan fingerprint density at radius 2 is 2.32 bits per heavy atom. The Balaban J connectivity index is 1.81. The minimum absolute atomic E-state index is 0.0560. The van der Waals surface area contributed by atoms with E-state index in [2.05, 4.69) is 10.3 Å². The van der Waals surface area contributed by atoms with Crippen LogP contribution in [0.25, 0.3) is 0 Å². The van der Waals surface area contributed by atoms with Gasteiger partial charge in [0.1, 0.15) is 0 Å². The number of thiophene rings is 1. The molecule has 1 amide bonds. The van der Waals surface area contributed by atoms with Gasteiger partial charge in [0.2, 0.25) is 5.91 Å². The average molecular weight is 316 g/mol. The SMILES string of the molecule is Cc1csc(NC(=O)CN(C)Cc2ccc(Cl)s2)n1.